The van der Waals surface area contributed by atoms with Crippen LogP contribution in [0.3, 0.4) is 0 Å². The molecule has 0 saturated heterocycles. The van der Waals surface area contributed by atoms with Gasteiger partial charge < -0.3 is 139 Å². The molecule has 4 aromatic carbocycles. The zero-order valence-corrected chi connectivity index (χ0v) is 81.8. The molecule has 0 spiro atoms. The maximum Gasteiger partial charge on any atom is 0.326 e. The monoisotopic (exact) mass is 2030 g/mol. The van der Waals surface area contributed by atoms with Gasteiger partial charge in [0.1, 0.15) is 90.6 Å². The highest BCUT2D eigenvalue weighted by atomic mass is 32.1. The number of aromatic nitrogens is 2. The van der Waals surface area contributed by atoms with E-state index >= 15 is 14.4 Å². The third-order valence-corrected chi connectivity index (χ3v) is 23.3. The first-order valence-corrected chi connectivity index (χ1v) is 47.5. The summed E-state index contributed by atoms with van der Waals surface area (Å²) in [7, 11) is 0. The number of carboxylic acids is 3. The first-order valence-electron chi connectivity index (χ1n) is 46.2. The number of thiol groups is 2. The molecule has 2 aromatic heterocycles. The highest BCUT2D eigenvalue weighted by Crippen LogP contribution is 2.24. The van der Waals surface area contributed by atoms with Crippen LogP contribution in [-0.2, 0) is 126 Å². The topological polar surface area (TPSA) is 782 Å². The van der Waals surface area contributed by atoms with Crippen molar-refractivity contribution in [1.29, 1.82) is 0 Å². The van der Waals surface area contributed by atoms with E-state index in [2.05, 4.69) is 115 Å². The number of amides is 18. The minimum absolute atomic E-state index is 0.0574. The van der Waals surface area contributed by atoms with E-state index < -0.39 is 295 Å². The average Bonchev–Trinajstić information content (AvgIpc) is 1.67. The highest BCUT2D eigenvalue weighted by Gasteiger charge is 2.42. The van der Waals surface area contributed by atoms with Crippen LogP contribution in [0, 0.1) is 17.8 Å². The number of rotatable bonds is 62. The number of benzene rings is 4. The van der Waals surface area contributed by atoms with E-state index in [-0.39, 0.29) is 63.8 Å². The van der Waals surface area contributed by atoms with Crippen molar-refractivity contribution in [2.45, 2.75) is 248 Å². The predicted octanol–water partition coefficient (Wildman–Crippen LogP) is -4.31. The standard InChI is InChI=1S/C94H130N22O25S2/c1-46(2)32-61(105-87(133)67(40-74(99)120)110-91(137)71(45-143)114-92(138)77(48(5)6)115-88(134)65(104-79(125)56(96)38-75(121)122)37-53-43-101-58-27-17-15-25-55(53)58)82(128)106-62(34-50-20-10-8-11-21-50)83(129)102-59(28-18-19-31-95)80(126)109-66(39-73(98)119)86(132)103-60(29-30-72(97)118)81(127)108-64(36-52-42-100-57-26-16-14-24-54(52)57)85(131)107-63(35-51-22-12-9-13-23-51)84(130)113-70(44-142)90(136)111-68(41-76(123)124)89(135)116-78(49(7)117)93(139)112-69(94(140)141)33-47(3)4/h8-17,20-27,42-43,46-49,56,59-71,77-78,100-101,117,142-143H,18-19,28-41,44-45,95-96H2,1-7H3,(H2,97,118)(H2,98,119)(H2,99,120)(H,102,129)(H,103,132)(H,104,125)(H,105,133)(H,106,128)(H,107,131)(H,108,127)(H,109,126)(H,110,137)(H,111,136)(H,112,139)(H,113,130)(H,114,138)(H,115,134)(H,116,135)(H,121,122)(H,123,124)(H,140,141)/t49-,56+,59+,60+,61+,62+,63+,64+,65+,66+,67+,68+,69+,70+,71+,77+,78+/m1/s1. The number of carbonyl (C=O) groups excluding carboxylic acids is 18. The van der Waals surface area contributed by atoms with Crippen molar-refractivity contribution in [1.82, 2.24) is 89.7 Å². The molecule has 17 atom stereocenters. The van der Waals surface area contributed by atoms with Gasteiger partial charge in [-0.3, -0.25) is 95.9 Å². The summed E-state index contributed by atoms with van der Waals surface area (Å²) in [6.45, 7) is 10.9. The fourth-order valence-corrected chi connectivity index (χ4v) is 15.7. The van der Waals surface area contributed by atoms with E-state index in [0.717, 1.165) is 6.92 Å². The summed E-state index contributed by atoms with van der Waals surface area (Å²) in [6.07, 6.45) is -5.23. The number of hydrogen-bond acceptors (Lipinski definition) is 26. The number of carbonyl (C=O) groups is 21. The number of carboxylic acid groups (broad SMARTS) is 3. The van der Waals surface area contributed by atoms with Crippen LogP contribution >= 0.6 is 25.3 Å². The minimum atomic E-state index is -2.04. The Kier molecular flexibility index (Phi) is 47.5. The molecule has 143 heavy (non-hydrogen) atoms. The number of aliphatic hydroxyl groups excluding tert-OH is 1. The van der Waals surface area contributed by atoms with E-state index in [1.807, 2.05) is 0 Å². The maximum atomic E-state index is 15.3. The van der Waals surface area contributed by atoms with Crippen molar-refractivity contribution in [3.05, 3.63) is 144 Å². The fourth-order valence-electron chi connectivity index (χ4n) is 15.1. The van der Waals surface area contributed by atoms with Crippen molar-refractivity contribution < 1.29 is 121 Å². The number of unbranched alkanes of at least 4 members (excludes halogenated alkanes) is 1. The summed E-state index contributed by atoms with van der Waals surface area (Å²) in [6, 6.07) is 2.23. The molecule has 0 unspecified atom stereocenters. The molecule has 18 amide bonds. The van der Waals surface area contributed by atoms with Gasteiger partial charge in [-0.2, -0.15) is 25.3 Å². The second kappa shape index (κ2) is 58.0. The molecule has 0 aliphatic heterocycles. The van der Waals surface area contributed by atoms with Crippen LogP contribution in [0.1, 0.15) is 141 Å². The molecular formula is C94H130N22O25S2. The van der Waals surface area contributed by atoms with Gasteiger partial charge in [-0.25, -0.2) is 4.79 Å². The number of nitrogens with two attached hydrogens (primary N) is 5. The first-order chi connectivity index (χ1) is 67.6. The quantitative estimate of drug-likeness (QED) is 0.0127. The van der Waals surface area contributed by atoms with Crippen molar-refractivity contribution in [3.8, 4) is 0 Å². The number of fused-ring (bicyclic) bond motifs is 2. The van der Waals surface area contributed by atoms with E-state index in [1.54, 1.807) is 157 Å². The SMILES string of the molecule is CC(C)C[C@H](NC(=O)[C@@H](NC(=O)[C@H](CC(=O)O)NC(=O)[C@H](CS)NC(=O)[C@H](Cc1ccccc1)NC(=O)[C@H](Cc1c[nH]c2ccccc12)NC(=O)[C@H](CCC(N)=O)NC(=O)[C@H](CC(N)=O)NC(=O)[C@H](CCCCN)NC(=O)[C@H](Cc1ccccc1)NC(=O)[C@H](CC(C)C)NC(=O)[C@H](CC(N)=O)NC(=O)[C@H](CS)NC(=O)[C@@H](NC(=O)[C@H](Cc1c[nH]c2ccccc12)NC(=O)[C@@H](N)CC(=O)O)C(C)C)[C@@H](C)O)C(=O)O. The fraction of sp³-hybridized carbons (Fsp3) is 0.479. The van der Waals surface area contributed by atoms with Crippen LogP contribution in [0.15, 0.2) is 122 Å². The number of primary amides is 3. The Balaban J connectivity index is 1.24. The summed E-state index contributed by atoms with van der Waals surface area (Å²) in [5.74, 6) is -27.3. The van der Waals surface area contributed by atoms with Gasteiger partial charge >= 0.3 is 17.9 Å². The van der Waals surface area contributed by atoms with Gasteiger partial charge in [-0.05, 0) is 104 Å². The molecule has 2 heterocycles. The highest BCUT2D eigenvalue weighted by molar-refractivity contribution is 7.80. The summed E-state index contributed by atoms with van der Waals surface area (Å²) in [5, 5.41) is 77.6. The Labute approximate surface area is 833 Å². The third kappa shape index (κ3) is 38.7. The van der Waals surface area contributed by atoms with Gasteiger partial charge in [0.05, 0.1) is 37.8 Å². The number of aliphatic hydroxyl groups is 1. The zero-order chi connectivity index (χ0) is 106. The van der Waals surface area contributed by atoms with Crippen molar-refractivity contribution in [2.24, 2.45) is 46.4 Å². The first kappa shape index (κ1) is 117. The normalized spacial score (nSPS) is 14.8. The lowest BCUT2D eigenvalue weighted by atomic mass is 9.99. The Morgan fingerprint density at radius 3 is 1.04 bits per heavy atom. The van der Waals surface area contributed by atoms with E-state index in [9.17, 15) is 107 Å². The Hall–Kier alpha value is -14.6. The van der Waals surface area contributed by atoms with Crippen molar-refractivity contribution in [3.63, 3.8) is 0 Å². The van der Waals surface area contributed by atoms with Gasteiger partial charge in [0.25, 0.3) is 0 Å². The average molecular weight is 2030 g/mol. The molecular weight excluding hydrogens is 1900 g/mol. The number of H-pyrrole nitrogens is 2. The molecule has 0 radical (unpaired) electrons. The van der Waals surface area contributed by atoms with Crippen molar-refractivity contribution in [2.75, 3.05) is 18.1 Å². The Morgan fingerprint density at radius 1 is 0.329 bits per heavy atom. The van der Waals surface area contributed by atoms with Crippen LogP contribution in [0.2, 0.25) is 0 Å². The van der Waals surface area contributed by atoms with E-state index in [4.69, 9.17) is 28.7 Å². The lowest BCUT2D eigenvalue weighted by molar-refractivity contribution is -0.144. The molecule has 6 aromatic rings. The Morgan fingerprint density at radius 2 is 0.643 bits per heavy atom. The third-order valence-electron chi connectivity index (χ3n) is 22.6. The molecule has 0 fully saturated rings. The van der Waals surface area contributed by atoms with Gasteiger partial charge in [-0.1, -0.05) is 139 Å². The van der Waals surface area contributed by atoms with Gasteiger partial charge in [0, 0.05) is 77.8 Å². The van der Waals surface area contributed by atoms with Crippen LogP contribution in [0.5, 0.6) is 0 Å². The minimum Gasteiger partial charge on any atom is -0.481 e. The number of nitrogens with one attached hydrogen (secondary N) is 17. The van der Waals surface area contributed by atoms with Gasteiger partial charge in [0.15, 0.2) is 0 Å². The molecule has 31 N–H and O–H groups in total. The van der Waals surface area contributed by atoms with E-state index in [1.165, 1.54) is 6.20 Å². The second-order valence-corrected chi connectivity index (χ2v) is 36.4. The van der Waals surface area contributed by atoms with Gasteiger partial charge in [-0.15, -0.1) is 0 Å². The molecule has 49 heteroatoms. The second-order valence-electron chi connectivity index (χ2n) is 35.7. The summed E-state index contributed by atoms with van der Waals surface area (Å²) < 4.78 is 0. The lowest BCUT2D eigenvalue weighted by Gasteiger charge is -2.29. The largest absolute Gasteiger partial charge is 0.481 e. The maximum absolute atomic E-state index is 15.3. The predicted molar refractivity (Wildman–Crippen MR) is 525 cm³/mol. The Bertz CT molecular complexity index is 5470. The molecule has 778 valence electrons. The molecule has 0 saturated carbocycles. The van der Waals surface area contributed by atoms with E-state index in [0.29, 0.717) is 44.1 Å². The number of aromatic amines is 2. The lowest BCUT2D eigenvalue weighted by Crippen LogP contribution is -2.62. The summed E-state index contributed by atoms with van der Waals surface area (Å²) >= 11 is 8.53. The molecule has 0 aliphatic carbocycles. The summed E-state index contributed by atoms with van der Waals surface area (Å²) in [4.78, 5) is 297. The van der Waals surface area contributed by atoms with Gasteiger partial charge in [0.2, 0.25) is 106 Å². The van der Waals surface area contributed by atoms with Crippen LogP contribution < -0.4 is 108 Å². The number of aliphatic carboxylic acids is 3. The van der Waals surface area contributed by atoms with Crippen LogP contribution in [0.25, 0.3) is 21.8 Å². The van der Waals surface area contributed by atoms with Crippen LogP contribution in [-0.4, -0.2) is 275 Å². The molecule has 6 rings (SSSR count). The smallest absolute Gasteiger partial charge is 0.326 e. The van der Waals surface area contributed by atoms with Crippen molar-refractivity contribution >= 4 is 171 Å². The molecule has 0 aliphatic rings. The number of hydrogen-bond donors (Lipinski definition) is 28. The molecule has 47 nitrogen and oxygen atoms in total. The molecule has 0 bridgehead atoms. The van der Waals surface area contributed by atoms with Crippen LogP contribution in [0.4, 0.5) is 0 Å². The summed E-state index contributed by atoms with van der Waals surface area (Å²) in [5.41, 5.74) is 31.7. The number of para-hydroxylation sites is 2. The zero-order valence-electron chi connectivity index (χ0n) is 80.0.